The molecule has 0 aliphatic heterocycles. The first-order chi connectivity index (χ1) is 11.7. The van der Waals surface area contributed by atoms with Gasteiger partial charge in [-0.15, -0.1) is 16.4 Å². The number of para-hydroxylation sites is 1. The van der Waals surface area contributed by atoms with Crippen molar-refractivity contribution in [2.24, 2.45) is 0 Å². The molecule has 0 unspecified atom stereocenters. The van der Waals surface area contributed by atoms with Gasteiger partial charge in [-0.1, -0.05) is 36.0 Å². The van der Waals surface area contributed by atoms with E-state index in [4.69, 9.17) is 4.74 Å². The fourth-order valence-corrected chi connectivity index (χ4v) is 3.56. The Morgan fingerprint density at radius 3 is 2.96 bits per heavy atom. The van der Waals surface area contributed by atoms with Crippen LogP contribution in [0.2, 0.25) is 0 Å². The van der Waals surface area contributed by atoms with Gasteiger partial charge in [-0.2, -0.15) is 4.68 Å². The quantitative estimate of drug-likeness (QED) is 0.621. The molecule has 0 aliphatic rings. The van der Waals surface area contributed by atoms with Crippen LogP contribution in [-0.2, 0) is 11.3 Å². The number of ether oxygens (including phenoxy) is 1. The van der Waals surface area contributed by atoms with Crippen molar-refractivity contribution in [2.45, 2.75) is 24.8 Å². The maximum atomic E-state index is 10.1. The highest BCUT2D eigenvalue weighted by Crippen LogP contribution is 2.21. The Bertz CT molecular complexity index is 761. The van der Waals surface area contributed by atoms with Crippen LogP contribution in [0.5, 0.6) is 0 Å². The molecule has 0 saturated heterocycles. The lowest BCUT2D eigenvalue weighted by Crippen LogP contribution is -2.18. The van der Waals surface area contributed by atoms with Gasteiger partial charge in [0.25, 0.3) is 0 Å². The highest BCUT2D eigenvalue weighted by molar-refractivity contribution is 7.99. The second kappa shape index (κ2) is 8.39. The van der Waals surface area contributed by atoms with Crippen molar-refractivity contribution in [3.05, 3.63) is 52.2 Å². The van der Waals surface area contributed by atoms with Crippen molar-refractivity contribution in [3.8, 4) is 5.69 Å². The molecule has 2 aromatic heterocycles. The maximum absolute atomic E-state index is 10.1. The number of aliphatic hydroxyl groups excluding tert-OH is 1. The summed E-state index contributed by atoms with van der Waals surface area (Å²) in [6.07, 6.45) is -0.572. The van der Waals surface area contributed by atoms with E-state index in [0.29, 0.717) is 17.5 Å². The van der Waals surface area contributed by atoms with Gasteiger partial charge in [0.15, 0.2) is 0 Å². The first-order valence-corrected chi connectivity index (χ1v) is 9.36. The Labute approximate surface area is 148 Å². The van der Waals surface area contributed by atoms with Gasteiger partial charge in [0.2, 0.25) is 5.16 Å². The van der Waals surface area contributed by atoms with Crippen LogP contribution in [0, 0.1) is 6.92 Å². The molecule has 8 heteroatoms. The SMILES string of the molecule is Cc1ccccc1-n1nnnc1SC[C@H](O)COCc1cccs1. The lowest BCUT2D eigenvalue weighted by Gasteiger charge is -2.11. The van der Waals surface area contributed by atoms with E-state index in [1.54, 1.807) is 16.0 Å². The van der Waals surface area contributed by atoms with Gasteiger partial charge in [0.05, 0.1) is 25.0 Å². The second-order valence-electron chi connectivity index (χ2n) is 5.22. The van der Waals surface area contributed by atoms with Crippen LogP contribution in [0.4, 0.5) is 0 Å². The van der Waals surface area contributed by atoms with Crippen LogP contribution in [-0.4, -0.2) is 43.8 Å². The second-order valence-corrected chi connectivity index (χ2v) is 7.24. The van der Waals surface area contributed by atoms with Crippen molar-refractivity contribution >= 4 is 23.1 Å². The van der Waals surface area contributed by atoms with Crippen molar-refractivity contribution in [1.29, 1.82) is 0 Å². The third kappa shape index (κ3) is 4.41. The summed E-state index contributed by atoms with van der Waals surface area (Å²) in [7, 11) is 0. The first kappa shape index (κ1) is 17.1. The number of tetrazole rings is 1. The Morgan fingerprint density at radius 1 is 1.29 bits per heavy atom. The molecule has 3 rings (SSSR count). The van der Waals surface area contributed by atoms with Crippen LogP contribution in [0.1, 0.15) is 10.4 Å². The van der Waals surface area contributed by atoms with Gasteiger partial charge < -0.3 is 9.84 Å². The van der Waals surface area contributed by atoms with Crippen LogP contribution >= 0.6 is 23.1 Å². The lowest BCUT2D eigenvalue weighted by atomic mass is 10.2. The standard InChI is InChI=1S/C16H18N4O2S2/c1-12-5-2-3-7-15(12)20-16(17-18-19-20)24-11-13(21)9-22-10-14-6-4-8-23-14/h2-8,13,21H,9-11H2,1H3/t13-/m1/s1. The van der Waals surface area contributed by atoms with Gasteiger partial charge in [0.1, 0.15) is 0 Å². The minimum atomic E-state index is -0.572. The van der Waals surface area contributed by atoms with Gasteiger partial charge in [-0.05, 0) is 40.4 Å². The van der Waals surface area contributed by atoms with Gasteiger partial charge in [0, 0.05) is 10.6 Å². The molecule has 3 aromatic rings. The number of nitrogens with zero attached hydrogens (tertiary/aromatic N) is 4. The fourth-order valence-electron chi connectivity index (χ4n) is 2.13. The van der Waals surface area contributed by atoms with Gasteiger partial charge >= 0.3 is 0 Å². The van der Waals surface area contributed by atoms with E-state index in [1.165, 1.54) is 11.8 Å². The monoisotopic (exact) mass is 362 g/mol. The Morgan fingerprint density at radius 2 is 2.17 bits per heavy atom. The van der Waals surface area contributed by atoms with E-state index in [2.05, 4.69) is 15.5 Å². The van der Waals surface area contributed by atoms with Crippen LogP contribution in [0.15, 0.2) is 46.9 Å². The fraction of sp³-hybridized carbons (Fsp3) is 0.312. The number of thioether (sulfide) groups is 1. The minimum absolute atomic E-state index is 0.289. The van der Waals surface area contributed by atoms with E-state index in [9.17, 15) is 5.11 Å². The molecule has 1 aromatic carbocycles. The molecule has 0 saturated carbocycles. The van der Waals surface area contributed by atoms with Crippen molar-refractivity contribution in [3.63, 3.8) is 0 Å². The Kier molecular flexibility index (Phi) is 5.97. The number of aromatic nitrogens is 4. The number of aliphatic hydroxyl groups is 1. The minimum Gasteiger partial charge on any atom is -0.390 e. The lowest BCUT2D eigenvalue weighted by molar-refractivity contribution is 0.0409. The summed E-state index contributed by atoms with van der Waals surface area (Å²) >= 11 is 3.06. The molecule has 24 heavy (non-hydrogen) atoms. The summed E-state index contributed by atoms with van der Waals surface area (Å²) in [5.74, 6) is 0.469. The average Bonchev–Trinajstić information content (AvgIpc) is 3.25. The van der Waals surface area contributed by atoms with Gasteiger partial charge in [-0.25, -0.2) is 0 Å². The number of hydrogen-bond acceptors (Lipinski definition) is 7. The molecule has 6 nitrogen and oxygen atoms in total. The molecule has 1 atom stereocenters. The van der Waals surface area contributed by atoms with E-state index in [1.807, 2.05) is 48.7 Å². The number of rotatable bonds is 8. The van der Waals surface area contributed by atoms with Gasteiger partial charge in [-0.3, -0.25) is 0 Å². The summed E-state index contributed by atoms with van der Waals surface area (Å²) < 4.78 is 7.23. The molecule has 0 fully saturated rings. The number of thiophene rings is 1. The third-order valence-corrected chi connectivity index (χ3v) is 5.24. The molecule has 1 N–H and O–H groups in total. The Balaban J connectivity index is 1.52. The maximum Gasteiger partial charge on any atom is 0.214 e. The summed E-state index contributed by atoms with van der Waals surface area (Å²) in [6, 6.07) is 11.9. The molecule has 0 amide bonds. The largest absolute Gasteiger partial charge is 0.390 e. The highest BCUT2D eigenvalue weighted by atomic mass is 32.2. The number of benzene rings is 1. The zero-order chi connectivity index (χ0) is 16.8. The summed E-state index contributed by atoms with van der Waals surface area (Å²) in [5, 5.41) is 24.6. The molecular formula is C16H18N4O2S2. The van der Waals surface area contributed by atoms with Crippen LogP contribution in [0.25, 0.3) is 5.69 Å². The molecule has 2 heterocycles. The zero-order valence-corrected chi connectivity index (χ0v) is 14.8. The summed E-state index contributed by atoms with van der Waals surface area (Å²) in [5.41, 5.74) is 2.03. The Hall–Kier alpha value is -1.74. The third-order valence-electron chi connectivity index (χ3n) is 3.32. The van der Waals surface area contributed by atoms with E-state index >= 15 is 0 Å². The predicted molar refractivity (Wildman–Crippen MR) is 94.6 cm³/mol. The summed E-state index contributed by atoms with van der Waals surface area (Å²) in [6.45, 7) is 2.83. The molecule has 0 spiro atoms. The molecule has 126 valence electrons. The molecule has 0 aliphatic carbocycles. The zero-order valence-electron chi connectivity index (χ0n) is 13.2. The van der Waals surface area contributed by atoms with Crippen molar-refractivity contribution in [2.75, 3.05) is 12.4 Å². The van der Waals surface area contributed by atoms with E-state index in [-0.39, 0.29) is 6.61 Å². The normalized spacial score (nSPS) is 12.4. The molecule has 0 radical (unpaired) electrons. The highest BCUT2D eigenvalue weighted by Gasteiger charge is 2.13. The predicted octanol–water partition coefficient (Wildman–Crippen LogP) is 2.70. The van der Waals surface area contributed by atoms with E-state index in [0.717, 1.165) is 16.1 Å². The van der Waals surface area contributed by atoms with Crippen LogP contribution < -0.4 is 0 Å². The smallest absolute Gasteiger partial charge is 0.214 e. The topological polar surface area (TPSA) is 73.1 Å². The average molecular weight is 362 g/mol. The van der Waals surface area contributed by atoms with E-state index < -0.39 is 6.10 Å². The van der Waals surface area contributed by atoms with Crippen molar-refractivity contribution in [1.82, 2.24) is 20.2 Å². The molecular weight excluding hydrogens is 344 g/mol. The number of hydrogen-bond donors (Lipinski definition) is 1. The number of aryl methyl sites for hydroxylation is 1. The summed E-state index contributed by atoms with van der Waals surface area (Å²) in [4.78, 5) is 1.15. The molecule has 0 bridgehead atoms. The van der Waals surface area contributed by atoms with Crippen molar-refractivity contribution < 1.29 is 9.84 Å². The van der Waals surface area contributed by atoms with Crippen LogP contribution in [0.3, 0.4) is 0 Å². The first-order valence-electron chi connectivity index (χ1n) is 7.49.